The molecule has 18 heavy (non-hydrogen) atoms. The number of likely N-dealkylation sites (N-methyl/N-ethyl adjacent to an activating group) is 1. The number of methoxy groups -OCH3 is 1. The fraction of sp³-hybridized carbons (Fsp3) is 0.500. The van der Waals surface area contributed by atoms with Crippen molar-refractivity contribution in [1.82, 2.24) is 14.3 Å². The van der Waals surface area contributed by atoms with E-state index in [2.05, 4.69) is 23.1 Å². The first-order chi connectivity index (χ1) is 8.78. The number of rotatable bonds is 3. The fourth-order valence-electron chi connectivity index (χ4n) is 2.78. The molecule has 0 aliphatic carbocycles. The standard InChI is InChI=1S/C14H19N3O/c1-16-8-4-5-12(16)9-11-10-17-13(15-11)6-3-7-14(17)18-2/h3,6-7,10,12H,4-5,8-9H2,1-2H3. The molecule has 0 N–H and O–H groups in total. The monoisotopic (exact) mass is 245 g/mol. The largest absolute Gasteiger partial charge is 0.482 e. The minimum Gasteiger partial charge on any atom is -0.482 e. The van der Waals surface area contributed by atoms with Crippen molar-refractivity contribution in [2.45, 2.75) is 25.3 Å². The van der Waals surface area contributed by atoms with E-state index in [-0.39, 0.29) is 0 Å². The average molecular weight is 245 g/mol. The van der Waals surface area contributed by atoms with E-state index in [1.807, 2.05) is 22.6 Å². The summed E-state index contributed by atoms with van der Waals surface area (Å²) in [6.45, 7) is 1.21. The van der Waals surface area contributed by atoms with Gasteiger partial charge in [0.05, 0.1) is 12.8 Å². The number of hydrogen-bond acceptors (Lipinski definition) is 3. The van der Waals surface area contributed by atoms with Crippen LogP contribution in [0, 0.1) is 0 Å². The van der Waals surface area contributed by atoms with Gasteiger partial charge in [0, 0.05) is 18.7 Å². The molecule has 1 saturated heterocycles. The van der Waals surface area contributed by atoms with Gasteiger partial charge in [-0.25, -0.2) is 4.98 Å². The molecule has 1 atom stereocenters. The second kappa shape index (κ2) is 4.61. The Morgan fingerprint density at radius 2 is 2.33 bits per heavy atom. The third-order valence-corrected chi connectivity index (χ3v) is 3.83. The Morgan fingerprint density at radius 1 is 1.44 bits per heavy atom. The van der Waals surface area contributed by atoms with E-state index < -0.39 is 0 Å². The maximum atomic E-state index is 5.34. The molecule has 1 unspecified atom stereocenters. The molecule has 1 aliphatic rings. The Bertz CT molecular complexity index is 549. The molecule has 3 rings (SSSR count). The summed E-state index contributed by atoms with van der Waals surface area (Å²) in [5.41, 5.74) is 2.11. The lowest BCUT2D eigenvalue weighted by molar-refractivity contribution is 0.308. The third kappa shape index (κ3) is 1.97. The van der Waals surface area contributed by atoms with Gasteiger partial charge in [0.15, 0.2) is 5.88 Å². The maximum Gasteiger partial charge on any atom is 0.198 e. The molecule has 3 heterocycles. The van der Waals surface area contributed by atoms with Gasteiger partial charge in [0.2, 0.25) is 0 Å². The summed E-state index contributed by atoms with van der Waals surface area (Å²) in [5, 5.41) is 0. The second-order valence-corrected chi connectivity index (χ2v) is 5.01. The van der Waals surface area contributed by atoms with Gasteiger partial charge in [0.25, 0.3) is 0 Å². The highest BCUT2D eigenvalue weighted by Gasteiger charge is 2.22. The SMILES string of the molecule is COc1cccc2nc(CC3CCCN3C)cn12. The van der Waals surface area contributed by atoms with Gasteiger partial charge in [-0.05, 0) is 38.6 Å². The maximum absolute atomic E-state index is 5.34. The highest BCUT2D eigenvalue weighted by Crippen LogP contribution is 2.21. The van der Waals surface area contributed by atoms with E-state index in [9.17, 15) is 0 Å². The summed E-state index contributed by atoms with van der Waals surface area (Å²) in [4.78, 5) is 7.11. The van der Waals surface area contributed by atoms with Crippen LogP contribution in [-0.2, 0) is 6.42 Å². The van der Waals surface area contributed by atoms with Crippen molar-refractivity contribution >= 4 is 5.65 Å². The summed E-state index contributed by atoms with van der Waals surface area (Å²) in [6.07, 6.45) is 5.71. The van der Waals surface area contributed by atoms with Crippen molar-refractivity contribution in [3.63, 3.8) is 0 Å². The Hall–Kier alpha value is -1.55. The van der Waals surface area contributed by atoms with Crippen LogP contribution < -0.4 is 4.74 Å². The van der Waals surface area contributed by atoms with Crippen molar-refractivity contribution in [1.29, 1.82) is 0 Å². The molecule has 2 aromatic rings. The van der Waals surface area contributed by atoms with E-state index in [1.54, 1.807) is 7.11 Å². The molecule has 4 nitrogen and oxygen atoms in total. The minimum atomic E-state index is 0.640. The highest BCUT2D eigenvalue weighted by atomic mass is 16.5. The van der Waals surface area contributed by atoms with Crippen LogP contribution in [0.15, 0.2) is 24.4 Å². The number of ether oxygens (including phenoxy) is 1. The van der Waals surface area contributed by atoms with Crippen molar-refractivity contribution in [3.8, 4) is 5.88 Å². The molecule has 4 heteroatoms. The Balaban J connectivity index is 1.89. The fourth-order valence-corrected chi connectivity index (χ4v) is 2.78. The average Bonchev–Trinajstić information content (AvgIpc) is 2.95. The zero-order valence-electron chi connectivity index (χ0n) is 11.0. The quantitative estimate of drug-likeness (QED) is 0.828. The number of imidazole rings is 1. The molecule has 96 valence electrons. The molecule has 0 bridgehead atoms. The number of pyridine rings is 1. The predicted octanol–water partition coefficient (Wildman–Crippen LogP) is 1.98. The predicted molar refractivity (Wildman–Crippen MR) is 71.1 cm³/mol. The smallest absolute Gasteiger partial charge is 0.198 e. The van der Waals surface area contributed by atoms with Gasteiger partial charge in [-0.1, -0.05) is 6.07 Å². The van der Waals surface area contributed by atoms with E-state index >= 15 is 0 Å². The number of fused-ring (bicyclic) bond motifs is 1. The van der Waals surface area contributed by atoms with Crippen LogP contribution in [0.4, 0.5) is 0 Å². The first-order valence-corrected chi connectivity index (χ1v) is 6.49. The first-order valence-electron chi connectivity index (χ1n) is 6.49. The Morgan fingerprint density at radius 3 is 3.06 bits per heavy atom. The molecular formula is C14H19N3O. The summed E-state index contributed by atoms with van der Waals surface area (Å²) in [5.74, 6) is 0.839. The number of likely N-dealkylation sites (tertiary alicyclic amines) is 1. The molecular weight excluding hydrogens is 226 g/mol. The second-order valence-electron chi connectivity index (χ2n) is 5.01. The van der Waals surface area contributed by atoms with Gasteiger partial charge < -0.3 is 9.64 Å². The molecule has 0 amide bonds. The van der Waals surface area contributed by atoms with Crippen LogP contribution in [0.5, 0.6) is 5.88 Å². The summed E-state index contributed by atoms with van der Waals surface area (Å²) in [6, 6.07) is 6.60. The van der Waals surface area contributed by atoms with Crippen molar-refractivity contribution in [3.05, 3.63) is 30.1 Å². The summed E-state index contributed by atoms with van der Waals surface area (Å²) in [7, 11) is 3.90. The van der Waals surface area contributed by atoms with Crippen molar-refractivity contribution in [2.24, 2.45) is 0 Å². The minimum absolute atomic E-state index is 0.640. The lowest BCUT2D eigenvalue weighted by Gasteiger charge is -2.17. The van der Waals surface area contributed by atoms with E-state index in [1.165, 1.54) is 19.4 Å². The van der Waals surface area contributed by atoms with Crippen LogP contribution in [0.3, 0.4) is 0 Å². The lowest BCUT2D eigenvalue weighted by Crippen LogP contribution is -2.26. The molecule has 0 aromatic carbocycles. The molecule has 0 radical (unpaired) electrons. The third-order valence-electron chi connectivity index (χ3n) is 3.83. The zero-order chi connectivity index (χ0) is 12.5. The number of aromatic nitrogens is 2. The van der Waals surface area contributed by atoms with E-state index in [0.29, 0.717) is 6.04 Å². The molecule has 0 saturated carbocycles. The van der Waals surface area contributed by atoms with Crippen LogP contribution in [0.25, 0.3) is 5.65 Å². The highest BCUT2D eigenvalue weighted by molar-refractivity contribution is 5.43. The van der Waals surface area contributed by atoms with Crippen LogP contribution >= 0.6 is 0 Å². The summed E-state index contributed by atoms with van der Waals surface area (Å²) >= 11 is 0. The number of hydrogen-bond donors (Lipinski definition) is 0. The van der Waals surface area contributed by atoms with Gasteiger partial charge in [-0.3, -0.25) is 4.40 Å². The van der Waals surface area contributed by atoms with E-state index in [0.717, 1.165) is 23.6 Å². The van der Waals surface area contributed by atoms with Crippen LogP contribution in [0.2, 0.25) is 0 Å². The first kappa shape index (κ1) is 11.5. The molecule has 1 aliphatic heterocycles. The van der Waals surface area contributed by atoms with Crippen molar-refractivity contribution in [2.75, 3.05) is 20.7 Å². The van der Waals surface area contributed by atoms with Crippen LogP contribution in [-0.4, -0.2) is 41.0 Å². The van der Waals surface area contributed by atoms with Gasteiger partial charge in [-0.15, -0.1) is 0 Å². The normalized spacial score (nSPS) is 20.7. The van der Waals surface area contributed by atoms with Gasteiger partial charge in [-0.2, -0.15) is 0 Å². The lowest BCUT2D eigenvalue weighted by atomic mass is 10.1. The Labute approximate surface area is 107 Å². The summed E-state index contributed by atoms with van der Waals surface area (Å²) < 4.78 is 7.36. The Kier molecular flexibility index (Phi) is 2.96. The van der Waals surface area contributed by atoms with E-state index in [4.69, 9.17) is 4.74 Å². The van der Waals surface area contributed by atoms with Gasteiger partial charge in [0.1, 0.15) is 5.65 Å². The number of nitrogens with zero attached hydrogens (tertiary/aromatic N) is 3. The zero-order valence-corrected chi connectivity index (χ0v) is 11.0. The molecule has 1 fully saturated rings. The van der Waals surface area contributed by atoms with Gasteiger partial charge >= 0.3 is 0 Å². The van der Waals surface area contributed by atoms with Crippen molar-refractivity contribution < 1.29 is 4.74 Å². The molecule has 0 spiro atoms. The molecule has 2 aromatic heterocycles. The van der Waals surface area contributed by atoms with Crippen LogP contribution in [0.1, 0.15) is 18.5 Å². The topological polar surface area (TPSA) is 29.8 Å².